The Labute approximate surface area is 225 Å². The van der Waals surface area contributed by atoms with Gasteiger partial charge in [-0.3, -0.25) is 0 Å². The minimum absolute atomic E-state index is 0.650. The Morgan fingerprint density at radius 1 is 0.342 bits per heavy atom. The zero-order valence-electron chi connectivity index (χ0n) is 21.6. The van der Waals surface area contributed by atoms with E-state index in [1.165, 1.54) is 11.1 Å². The second-order valence-corrected chi connectivity index (χ2v) is 9.27. The number of anilines is 6. The summed E-state index contributed by atoms with van der Waals surface area (Å²) in [4.78, 5) is 4.56. The number of hydrogen-bond acceptors (Lipinski definition) is 4. The van der Waals surface area contributed by atoms with Gasteiger partial charge >= 0.3 is 0 Å². The highest BCUT2D eigenvalue weighted by Gasteiger charge is 2.15. The molecule has 0 saturated heterocycles. The first-order valence-corrected chi connectivity index (χ1v) is 13.2. The number of nitrogens with zero attached hydrogens (tertiary/aromatic N) is 2. The summed E-state index contributed by atoms with van der Waals surface area (Å²) in [5, 5.41) is 0. The van der Waals surface area contributed by atoms with Crippen molar-refractivity contribution in [3.63, 3.8) is 0 Å². The molecule has 0 aromatic heterocycles. The first-order valence-electron chi connectivity index (χ1n) is 13.2. The molecule has 5 rings (SSSR count). The molecule has 0 bridgehead atoms. The molecular weight excluding hydrogens is 464 g/mol. The zero-order chi connectivity index (χ0) is 26.2. The number of nitrogens with two attached hydrogens (primary N) is 2. The maximum Gasteiger partial charge on any atom is 0.0463 e. The van der Waals surface area contributed by atoms with Crippen LogP contribution in [0.2, 0.25) is 0 Å². The molecular formula is C34H34N4. The van der Waals surface area contributed by atoms with Crippen molar-refractivity contribution in [2.75, 3.05) is 22.9 Å². The van der Waals surface area contributed by atoms with E-state index in [1.807, 2.05) is 12.1 Å². The molecule has 0 amide bonds. The van der Waals surface area contributed by atoms with Crippen LogP contribution in [0.3, 0.4) is 0 Å². The molecule has 4 nitrogen and oxygen atoms in total. The van der Waals surface area contributed by atoms with E-state index in [2.05, 4.69) is 131 Å². The van der Waals surface area contributed by atoms with Crippen molar-refractivity contribution < 1.29 is 0 Å². The van der Waals surface area contributed by atoms with E-state index in [-0.39, 0.29) is 0 Å². The largest absolute Gasteiger partial charge is 0.330 e. The molecule has 0 saturated carbocycles. The first kappa shape index (κ1) is 25.3. The maximum atomic E-state index is 5.76. The summed E-state index contributed by atoms with van der Waals surface area (Å²) >= 11 is 0. The first-order chi connectivity index (χ1) is 18.8. The minimum atomic E-state index is 0.650. The lowest BCUT2D eigenvalue weighted by Gasteiger charge is -2.28. The molecule has 0 atom stereocenters. The lowest BCUT2D eigenvalue weighted by atomic mass is 10.1. The second kappa shape index (κ2) is 12.2. The van der Waals surface area contributed by atoms with Crippen molar-refractivity contribution in [2.45, 2.75) is 12.8 Å². The van der Waals surface area contributed by atoms with Gasteiger partial charge in [0.2, 0.25) is 0 Å². The molecule has 5 aromatic rings. The van der Waals surface area contributed by atoms with E-state index in [4.69, 9.17) is 11.5 Å². The van der Waals surface area contributed by atoms with Gasteiger partial charge in [-0.1, -0.05) is 60.7 Å². The quantitative estimate of drug-likeness (QED) is 0.208. The molecule has 4 N–H and O–H groups in total. The van der Waals surface area contributed by atoms with E-state index < -0.39 is 0 Å². The molecule has 0 aliphatic rings. The van der Waals surface area contributed by atoms with Crippen LogP contribution in [0.4, 0.5) is 34.1 Å². The van der Waals surface area contributed by atoms with Crippen LogP contribution in [0.15, 0.2) is 133 Å². The normalized spacial score (nSPS) is 10.8. The SMILES string of the molecule is NCCc1ccc(N(c2ccccc2)c2ccc(N(c3ccccc3)c3ccc(CCN)cc3)cc2)cc1. The fraction of sp³-hybridized carbons (Fsp3) is 0.118. The van der Waals surface area contributed by atoms with E-state index in [0.29, 0.717) is 13.1 Å². The van der Waals surface area contributed by atoms with Gasteiger partial charge in [0, 0.05) is 34.1 Å². The third-order valence-corrected chi connectivity index (χ3v) is 6.65. The second-order valence-electron chi connectivity index (χ2n) is 9.27. The number of rotatable bonds is 10. The van der Waals surface area contributed by atoms with Crippen LogP contribution in [0.1, 0.15) is 11.1 Å². The summed E-state index contributed by atoms with van der Waals surface area (Å²) in [5.41, 5.74) is 20.7. The molecule has 0 aliphatic heterocycles. The fourth-order valence-electron chi connectivity index (χ4n) is 4.76. The number of benzene rings is 5. The van der Waals surface area contributed by atoms with Crippen molar-refractivity contribution in [1.29, 1.82) is 0 Å². The lowest BCUT2D eigenvalue weighted by Crippen LogP contribution is -2.12. The molecule has 0 unspecified atom stereocenters. The number of para-hydroxylation sites is 2. The summed E-state index contributed by atoms with van der Waals surface area (Å²) in [6.45, 7) is 1.30. The van der Waals surface area contributed by atoms with Crippen LogP contribution >= 0.6 is 0 Å². The van der Waals surface area contributed by atoms with Gasteiger partial charge in [0.25, 0.3) is 0 Å². The van der Waals surface area contributed by atoms with E-state index in [0.717, 1.165) is 47.0 Å². The molecule has 0 fully saturated rings. The zero-order valence-corrected chi connectivity index (χ0v) is 21.6. The summed E-state index contributed by atoms with van der Waals surface area (Å²) in [6, 6.07) is 47.1. The van der Waals surface area contributed by atoms with Gasteiger partial charge < -0.3 is 21.3 Å². The van der Waals surface area contributed by atoms with Crippen LogP contribution in [-0.2, 0) is 12.8 Å². The van der Waals surface area contributed by atoms with Gasteiger partial charge in [0.1, 0.15) is 0 Å². The Morgan fingerprint density at radius 3 is 0.895 bits per heavy atom. The monoisotopic (exact) mass is 498 g/mol. The average molecular weight is 499 g/mol. The Balaban J connectivity index is 1.52. The van der Waals surface area contributed by atoms with E-state index >= 15 is 0 Å². The Morgan fingerprint density at radius 2 is 0.605 bits per heavy atom. The van der Waals surface area contributed by atoms with Gasteiger partial charge in [-0.25, -0.2) is 0 Å². The molecule has 190 valence electrons. The maximum absolute atomic E-state index is 5.76. The Kier molecular flexibility index (Phi) is 8.14. The predicted molar refractivity (Wildman–Crippen MR) is 161 cm³/mol. The highest BCUT2D eigenvalue weighted by molar-refractivity contribution is 5.81. The summed E-state index contributed by atoms with van der Waals surface area (Å²) in [7, 11) is 0. The summed E-state index contributed by atoms with van der Waals surface area (Å²) in [5.74, 6) is 0. The summed E-state index contributed by atoms with van der Waals surface area (Å²) in [6.07, 6.45) is 1.76. The molecule has 0 radical (unpaired) electrons. The third-order valence-electron chi connectivity index (χ3n) is 6.65. The molecule has 0 aliphatic carbocycles. The van der Waals surface area contributed by atoms with Crippen LogP contribution in [0.25, 0.3) is 0 Å². The topological polar surface area (TPSA) is 58.5 Å². The molecule has 0 heterocycles. The molecule has 4 heteroatoms. The Hall–Kier alpha value is -4.38. The van der Waals surface area contributed by atoms with E-state index in [9.17, 15) is 0 Å². The van der Waals surface area contributed by atoms with Crippen LogP contribution < -0.4 is 21.3 Å². The van der Waals surface area contributed by atoms with Crippen LogP contribution in [0, 0.1) is 0 Å². The standard InChI is InChI=1S/C34H34N4/c35-25-23-27-11-15-31(16-12-27)37(29-7-3-1-4-8-29)33-19-21-34(22-20-33)38(30-9-5-2-6-10-30)32-17-13-28(14-18-32)24-26-36/h1-22H,23-26,35-36H2. The van der Waals surface area contributed by atoms with Crippen molar-refractivity contribution in [1.82, 2.24) is 0 Å². The highest BCUT2D eigenvalue weighted by Crippen LogP contribution is 2.38. The van der Waals surface area contributed by atoms with Gasteiger partial charge in [0.05, 0.1) is 0 Å². The third kappa shape index (κ3) is 5.78. The van der Waals surface area contributed by atoms with Gasteiger partial charge in [-0.05, 0) is 110 Å². The highest BCUT2D eigenvalue weighted by atomic mass is 15.2. The predicted octanol–water partition coefficient (Wildman–Crippen LogP) is 7.63. The Bertz CT molecular complexity index is 1290. The van der Waals surface area contributed by atoms with Crippen LogP contribution in [-0.4, -0.2) is 13.1 Å². The average Bonchev–Trinajstić information content (AvgIpc) is 2.97. The van der Waals surface area contributed by atoms with Crippen molar-refractivity contribution >= 4 is 34.1 Å². The van der Waals surface area contributed by atoms with Gasteiger partial charge in [-0.15, -0.1) is 0 Å². The molecule has 38 heavy (non-hydrogen) atoms. The number of hydrogen-bond donors (Lipinski definition) is 2. The lowest BCUT2D eigenvalue weighted by molar-refractivity contribution is 0.968. The van der Waals surface area contributed by atoms with Crippen LogP contribution in [0.5, 0.6) is 0 Å². The smallest absolute Gasteiger partial charge is 0.0463 e. The molecule has 0 spiro atoms. The van der Waals surface area contributed by atoms with Gasteiger partial charge in [0.15, 0.2) is 0 Å². The molecule has 5 aromatic carbocycles. The minimum Gasteiger partial charge on any atom is -0.330 e. The fourth-order valence-corrected chi connectivity index (χ4v) is 4.76. The van der Waals surface area contributed by atoms with Crippen molar-refractivity contribution in [3.8, 4) is 0 Å². The van der Waals surface area contributed by atoms with Crippen molar-refractivity contribution in [2.24, 2.45) is 11.5 Å². The van der Waals surface area contributed by atoms with Gasteiger partial charge in [-0.2, -0.15) is 0 Å². The van der Waals surface area contributed by atoms with E-state index in [1.54, 1.807) is 0 Å². The summed E-state index contributed by atoms with van der Waals surface area (Å²) < 4.78 is 0. The van der Waals surface area contributed by atoms with Crippen molar-refractivity contribution in [3.05, 3.63) is 145 Å².